The lowest BCUT2D eigenvalue weighted by atomic mass is 10.2. The van der Waals surface area contributed by atoms with Crippen LogP contribution in [0.3, 0.4) is 0 Å². The number of alkyl halides is 3. The van der Waals surface area contributed by atoms with Crippen LogP contribution in [0.4, 0.5) is 28.0 Å². The normalized spacial score (nSPS) is 15.2. The number of pyridine rings is 1. The van der Waals surface area contributed by atoms with E-state index in [0.717, 1.165) is 12.1 Å². The highest BCUT2D eigenvalue weighted by Crippen LogP contribution is 2.37. The third-order valence-electron chi connectivity index (χ3n) is 3.67. The van der Waals surface area contributed by atoms with Crippen LogP contribution in [-0.4, -0.2) is 34.7 Å². The number of carbonyl (C=O) groups excluding carboxylic acids is 2. The van der Waals surface area contributed by atoms with Crippen LogP contribution in [0.5, 0.6) is 11.6 Å². The van der Waals surface area contributed by atoms with E-state index in [1.807, 2.05) is 0 Å². The predicted molar refractivity (Wildman–Crippen MR) is 93.7 cm³/mol. The average molecular weight is 483 g/mol. The molecule has 1 aromatic carbocycles. The van der Waals surface area contributed by atoms with Gasteiger partial charge in [0, 0.05) is 25.1 Å². The summed E-state index contributed by atoms with van der Waals surface area (Å²) in [7, 11) is 0. The van der Waals surface area contributed by atoms with Gasteiger partial charge in [-0.15, -0.1) is 13.2 Å². The molecule has 1 aromatic heterocycles. The van der Waals surface area contributed by atoms with E-state index in [9.17, 15) is 27.2 Å². The van der Waals surface area contributed by atoms with Gasteiger partial charge < -0.3 is 4.74 Å². The van der Waals surface area contributed by atoms with Gasteiger partial charge in [-0.3, -0.25) is 9.69 Å². The van der Waals surface area contributed by atoms with E-state index in [1.54, 1.807) is 12.1 Å². The van der Waals surface area contributed by atoms with Crippen molar-refractivity contribution in [2.45, 2.75) is 12.7 Å². The summed E-state index contributed by atoms with van der Waals surface area (Å²) in [5.41, 5.74) is -0.513. The Hall–Kier alpha value is -2.40. The summed E-state index contributed by atoms with van der Waals surface area (Å²) in [4.78, 5) is 27.3. The minimum Gasteiger partial charge on any atom is -0.437 e. The molecule has 6 nitrogen and oxygen atoms in total. The minimum atomic E-state index is -5.23. The fourth-order valence-corrected chi connectivity index (χ4v) is 2.99. The number of urea groups is 1. The van der Waals surface area contributed by atoms with E-state index < -0.39 is 47.6 Å². The zero-order valence-corrected chi connectivity index (χ0v) is 16.0. The fraction of sp³-hybridized carbons (Fsp3) is 0.188. The summed E-state index contributed by atoms with van der Waals surface area (Å²) in [5, 5.41) is -0.184. The van der Waals surface area contributed by atoms with Gasteiger partial charge in [-0.1, -0.05) is 17.7 Å². The van der Waals surface area contributed by atoms with Crippen molar-refractivity contribution in [3.8, 4) is 11.6 Å². The Morgan fingerprint density at radius 1 is 1.21 bits per heavy atom. The van der Waals surface area contributed by atoms with Crippen LogP contribution < -0.4 is 9.64 Å². The number of carbonyl (C=O) groups is 2. The SMILES string of the molecule is O=C1CCN(c2cc(Oc3cccc(Br)n3)c(Cl)cc2F)C(=O)N1C(F)(F)F. The van der Waals surface area contributed by atoms with Crippen LogP contribution in [0, 0.1) is 5.82 Å². The van der Waals surface area contributed by atoms with Crippen LogP contribution in [0.1, 0.15) is 6.42 Å². The Bertz CT molecular complexity index is 957. The first-order valence-corrected chi connectivity index (χ1v) is 8.76. The predicted octanol–water partition coefficient (Wildman–Crippen LogP) is 5.11. The van der Waals surface area contributed by atoms with E-state index in [4.69, 9.17) is 16.3 Å². The second-order valence-electron chi connectivity index (χ2n) is 5.52. The molecule has 0 N–H and O–H groups in total. The molecular weight excluding hydrogens is 474 g/mol. The molecule has 2 aromatic rings. The number of ether oxygens (including phenoxy) is 1. The van der Waals surface area contributed by atoms with Crippen molar-refractivity contribution in [3.05, 3.63) is 45.8 Å². The van der Waals surface area contributed by atoms with Crippen LogP contribution in [0.2, 0.25) is 5.02 Å². The number of halogens is 6. The summed E-state index contributed by atoms with van der Waals surface area (Å²) >= 11 is 9.08. The van der Waals surface area contributed by atoms with Crippen molar-refractivity contribution >= 4 is 45.2 Å². The molecule has 1 aliphatic rings. The van der Waals surface area contributed by atoms with Crippen LogP contribution >= 0.6 is 27.5 Å². The number of imide groups is 1. The molecule has 12 heteroatoms. The molecule has 148 valence electrons. The number of benzene rings is 1. The molecule has 0 spiro atoms. The number of amides is 3. The molecule has 28 heavy (non-hydrogen) atoms. The van der Waals surface area contributed by atoms with Gasteiger partial charge in [-0.05, 0) is 28.1 Å². The quantitative estimate of drug-likeness (QED) is 0.347. The lowest BCUT2D eigenvalue weighted by molar-refractivity contribution is -0.223. The third kappa shape index (κ3) is 4.04. The maximum Gasteiger partial charge on any atom is 0.495 e. The molecule has 0 aliphatic carbocycles. The average Bonchev–Trinajstić information content (AvgIpc) is 2.57. The standard InChI is InChI=1S/C16H9BrClF4N3O3/c17-12-2-1-3-13(23-12)28-11-7-10(9(19)6-8(11)18)24-5-4-14(26)25(15(24)27)16(20,21)22/h1-3,6-7H,4-5H2. The summed E-state index contributed by atoms with van der Waals surface area (Å²) in [6.45, 7) is -0.433. The lowest BCUT2D eigenvalue weighted by Gasteiger charge is -2.34. The van der Waals surface area contributed by atoms with Crippen LogP contribution in [-0.2, 0) is 4.79 Å². The van der Waals surface area contributed by atoms with Gasteiger partial charge in [0.2, 0.25) is 11.8 Å². The van der Waals surface area contributed by atoms with Crippen molar-refractivity contribution < 1.29 is 31.9 Å². The Morgan fingerprint density at radius 2 is 1.93 bits per heavy atom. The summed E-state index contributed by atoms with van der Waals surface area (Å²) < 4.78 is 59.3. The molecule has 3 amide bonds. The topological polar surface area (TPSA) is 62.7 Å². The van der Waals surface area contributed by atoms with Gasteiger partial charge in [0.05, 0.1) is 10.7 Å². The number of hydrogen-bond donors (Lipinski definition) is 0. The van der Waals surface area contributed by atoms with Gasteiger partial charge in [0.15, 0.2) is 0 Å². The van der Waals surface area contributed by atoms with Crippen molar-refractivity contribution in [1.29, 1.82) is 0 Å². The highest BCUT2D eigenvalue weighted by Gasteiger charge is 2.50. The smallest absolute Gasteiger partial charge is 0.437 e. The van der Waals surface area contributed by atoms with Crippen molar-refractivity contribution in [2.75, 3.05) is 11.4 Å². The molecule has 1 fully saturated rings. The van der Waals surface area contributed by atoms with E-state index in [2.05, 4.69) is 20.9 Å². The zero-order chi connectivity index (χ0) is 20.6. The molecule has 0 saturated carbocycles. The van der Waals surface area contributed by atoms with E-state index in [-0.39, 0.29) is 16.7 Å². The molecule has 0 radical (unpaired) electrons. The maximum absolute atomic E-state index is 14.4. The van der Waals surface area contributed by atoms with Gasteiger partial charge >= 0.3 is 12.3 Å². The molecular formula is C16H9BrClF4N3O3. The van der Waals surface area contributed by atoms with Gasteiger partial charge in [0.25, 0.3) is 0 Å². The van der Waals surface area contributed by atoms with Gasteiger partial charge in [-0.2, -0.15) is 4.90 Å². The monoisotopic (exact) mass is 481 g/mol. The van der Waals surface area contributed by atoms with Crippen LogP contribution in [0.25, 0.3) is 0 Å². The second kappa shape index (κ2) is 7.55. The van der Waals surface area contributed by atoms with E-state index >= 15 is 0 Å². The second-order valence-corrected chi connectivity index (χ2v) is 6.74. The Morgan fingerprint density at radius 3 is 2.57 bits per heavy atom. The Balaban J connectivity index is 1.98. The molecule has 1 aliphatic heterocycles. The summed E-state index contributed by atoms with van der Waals surface area (Å²) in [6.07, 6.45) is -5.86. The third-order valence-corrected chi connectivity index (χ3v) is 4.41. The van der Waals surface area contributed by atoms with Gasteiger partial charge in [-0.25, -0.2) is 14.2 Å². The van der Waals surface area contributed by atoms with E-state index in [1.165, 1.54) is 6.07 Å². The molecule has 1 saturated heterocycles. The highest BCUT2D eigenvalue weighted by molar-refractivity contribution is 9.10. The molecule has 0 bridgehead atoms. The Labute approximate surface area is 168 Å². The maximum atomic E-state index is 14.4. The van der Waals surface area contributed by atoms with Crippen molar-refractivity contribution in [1.82, 2.24) is 9.88 Å². The lowest BCUT2D eigenvalue weighted by Crippen LogP contribution is -2.58. The van der Waals surface area contributed by atoms with Gasteiger partial charge in [0.1, 0.15) is 16.2 Å². The molecule has 0 unspecified atom stereocenters. The zero-order valence-electron chi connectivity index (χ0n) is 13.6. The highest BCUT2D eigenvalue weighted by atomic mass is 79.9. The first kappa shape index (κ1) is 20.3. The van der Waals surface area contributed by atoms with Crippen molar-refractivity contribution in [3.63, 3.8) is 0 Å². The fourth-order valence-electron chi connectivity index (χ4n) is 2.48. The van der Waals surface area contributed by atoms with E-state index in [0.29, 0.717) is 9.50 Å². The first-order valence-electron chi connectivity index (χ1n) is 7.58. The largest absolute Gasteiger partial charge is 0.495 e. The number of rotatable bonds is 3. The number of nitrogens with zero attached hydrogens (tertiary/aromatic N) is 3. The number of hydrogen-bond acceptors (Lipinski definition) is 4. The number of aromatic nitrogens is 1. The summed E-state index contributed by atoms with van der Waals surface area (Å²) in [6, 6.07) is 4.76. The van der Waals surface area contributed by atoms with Crippen molar-refractivity contribution in [2.24, 2.45) is 0 Å². The molecule has 2 heterocycles. The first-order chi connectivity index (χ1) is 13.1. The summed E-state index contributed by atoms with van der Waals surface area (Å²) in [5.74, 6) is -2.53. The number of anilines is 1. The molecule has 3 rings (SSSR count). The van der Waals surface area contributed by atoms with Crippen LogP contribution in [0.15, 0.2) is 34.9 Å². The minimum absolute atomic E-state index is 0.0749. The molecule has 0 atom stereocenters. The Kier molecular flexibility index (Phi) is 5.48.